The van der Waals surface area contributed by atoms with Gasteiger partial charge in [-0.15, -0.1) is 0 Å². The lowest BCUT2D eigenvalue weighted by Crippen LogP contribution is -2.50. The summed E-state index contributed by atoms with van der Waals surface area (Å²) in [5, 5.41) is 2.96. The fourth-order valence-corrected chi connectivity index (χ4v) is 5.37. The van der Waals surface area contributed by atoms with Gasteiger partial charge in [-0.05, 0) is 50.3 Å². The molecule has 2 aromatic carbocycles. The van der Waals surface area contributed by atoms with Gasteiger partial charge in [0, 0.05) is 0 Å². The highest BCUT2D eigenvalue weighted by molar-refractivity contribution is 7.89. The summed E-state index contributed by atoms with van der Waals surface area (Å²) in [4.78, 5) is 13.3. The first-order chi connectivity index (χ1) is 13.6. The summed E-state index contributed by atoms with van der Waals surface area (Å²) in [6.45, 7) is 11.2. The molecule has 0 bridgehead atoms. The number of nitrogens with one attached hydrogen (secondary N) is 2. The zero-order chi connectivity index (χ0) is 21.8. The monoisotopic (exact) mass is 416 g/mol. The quantitative estimate of drug-likeness (QED) is 0.678. The highest BCUT2D eigenvalue weighted by Crippen LogP contribution is 2.23. The Balaban J connectivity index is 2.30. The highest BCUT2D eigenvalue weighted by atomic mass is 32.2. The second-order valence-electron chi connectivity index (χ2n) is 7.85. The maximum atomic E-state index is 13.2. The SMILES string of the molecule is CCC(C)C(NS(=O)(=O)c1c(C)cc(C)cc1C)C(=O)NC(C)c1ccccc1. The van der Waals surface area contributed by atoms with E-state index >= 15 is 0 Å². The number of carbonyl (C=O) groups is 1. The standard InChI is InChI=1S/C23H32N2O3S/c1-7-16(3)21(23(26)24-19(6)20-11-9-8-10-12-20)25-29(27,28)22-17(4)13-15(2)14-18(22)5/h8-14,16,19,21,25H,7H2,1-6H3,(H,24,26). The fraction of sp³-hybridized carbons (Fsp3) is 0.435. The van der Waals surface area contributed by atoms with Crippen LogP contribution in [0.5, 0.6) is 0 Å². The zero-order valence-corrected chi connectivity index (χ0v) is 18.9. The molecule has 0 radical (unpaired) electrons. The molecule has 0 aliphatic rings. The number of benzene rings is 2. The second-order valence-corrected chi connectivity index (χ2v) is 9.50. The fourth-order valence-electron chi connectivity index (χ4n) is 3.61. The second kappa shape index (κ2) is 9.55. The Bertz CT molecular complexity index is 932. The van der Waals surface area contributed by atoms with E-state index in [0.717, 1.165) is 11.1 Å². The van der Waals surface area contributed by atoms with Crippen molar-refractivity contribution in [2.75, 3.05) is 0 Å². The van der Waals surface area contributed by atoms with Gasteiger partial charge >= 0.3 is 0 Å². The van der Waals surface area contributed by atoms with E-state index in [2.05, 4.69) is 10.0 Å². The van der Waals surface area contributed by atoms with Crippen LogP contribution in [0.1, 0.15) is 55.5 Å². The van der Waals surface area contributed by atoms with Gasteiger partial charge in [0.15, 0.2) is 0 Å². The molecular formula is C23H32N2O3S. The van der Waals surface area contributed by atoms with Gasteiger partial charge in [-0.2, -0.15) is 4.72 Å². The largest absolute Gasteiger partial charge is 0.348 e. The number of aryl methyl sites for hydroxylation is 3. The number of amides is 1. The molecule has 6 heteroatoms. The van der Waals surface area contributed by atoms with Crippen LogP contribution >= 0.6 is 0 Å². The van der Waals surface area contributed by atoms with Crippen molar-refractivity contribution in [1.82, 2.24) is 10.0 Å². The Hall–Kier alpha value is -2.18. The van der Waals surface area contributed by atoms with Crippen LogP contribution in [0.2, 0.25) is 0 Å². The number of hydrogen-bond donors (Lipinski definition) is 2. The van der Waals surface area contributed by atoms with Gasteiger partial charge in [0.2, 0.25) is 15.9 Å². The van der Waals surface area contributed by atoms with Crippen LogP contribution in [0.3, 0.4) is 0 Å². The molecule has 0 aliphatic carbocycles. The van der Waals surface area contributed by atoms with Gasteiger partial charge in [0.25, 0.3) is 0 Å². The van der Waals surface area contributed by atoms with E-state index in [1.54, 1.807) is 13.8 Å². The molecule has 2 rings (SSSR count). The average molecular weight is 417 g/mol. The van der Waals surface area contributed by atoms with Crippen molar-refractivity contribution in [2.45, 2.75) is 64.9 Å². The Morgan fingerprint density at radius 3 is 2.07 bits per heavy atom. The van der Waals surface area contributed by atoms with Crippen LogP contribution in [0.15, 0.2) is 47.4 Å². The lowest BCUT2D eigenvalue weighted by molar-refractivity contribution is -0.124. The van der Waals surface area contributed by atoms with Crippen molar-refractivity contribution in [3.8, 4) is 0 Å². The normalized spacial score (nSPS) is 14.8. The maximum Gasteiger partial charge on any atom is 0.241 e. The summed E-state index contributed by atoms with van der Waals surface area (Å²) in [5.41, 5.74) is 3.33. The van der Waals surface area contributed by atoms with Gasteiger partial charge in [0.1, 0.15) is 6.04 Å². The molecule has 158 valence electrons. The molecule has 29 heavy (non-hydrogen) atoms. The number of sulfonamides is 1. The highest BCUT2D eigenvalue weighted by Gasteiger charge is 2.31. The van der Waals surface area contributed by atoms with Crippen molar-refractivity contribution in [2.24, 2.45) is 5.92 Å². The van der Waals surface area contributed by atoms with Gasteiger partial charge in [-0.3, -0.25) is 4.79 Å². The average Bonchev–Trinajstić information content (AvgIpc) is 2.65. The molecule has 2 N–H and O–H groups in total. The molecule has 0 fully saturated rings. The van der Waals surface area contributed by atoms with E-state index in [9.17, 15) is 13.2 Å². The van der Waals surface area contributed by atoms with E-state index in [4.69, 9.17) is 0 Å². The number of carbonyl (C=O) groups excluding carboxylic acids is 1. The van der Waals surface area contributed by atoms with E-state index in [-0.39, 0.29) is 22.8 Å². The smallest absolute Gasteiger partial charge is 0.241 e. The molecule has 3 unspecified atom stereocenters. The molecule has 0 heterocycles. The lowest BCUT2D eigenvalue weighted by atomic mass is 9.98. The lowest BCUT2D eigenvalue weighted by Gasteiger charge is -2.26. The molecule has 0 aromatic heterocycles. The first-order valence-electron chi connectivity index (χ1n) is 10.0. The first kappa shape index (κ1) is 23.1. The van der Waals surface area contributed by atoms with Crippen molar-refractivity contribution >= 4 is 15.9 Å². The summed E-state index contributed by atoms with van der Waals surface area (Å²) in [6.07, 6.45) is 0.673. The van der Waals surface area contributed by atoms with Crippen molar-refractivity contribution < 1.29 is 13.2 Å². The predicted octanol–water partition coefficient (Wildman–Crippen LogP) is 4.18. The van der Waals surface area contributed by atoms with Crippen molar-refractivity contribution in [3.63, 3.8) is 0 Å². The zero-order valence-electron chi connectivity index (χ0n) is 18.1. The third-order valence-corrected chi connectivity index (χ3v) is 7.05. The van der Waals surface area contributed by atoms with E-state index in [1.165, 1.54) is 0 Å². The minimum Gasteiger partial charge on any atom is -0.348 e. The minimum atomic E-state index is -3.85. The molecule has 2 aromatic rings. The molecule has 1 amide bonds. The van der Waals surface area contributed by atoms with Crippen molar-refractivity contribution in [3.05, 3.63) is 64.7 Å². The molecule has 0 aliphatic heterocycles. The Morgan fingerprint density at radius 2 is 1.55 bits per heavy atom. The van der Waals surface area contributed by atoms with Crippen LogP contribution in [0.4, 0.5) is 0 Å². The topological polar surface area (TPSA) is 75.3 Å². The molecule has 5 nitrogen and oxygen atoms in total. The van der Waals surface area contributed by atoms with Crippen LogP contribution in [-0.4, -0.2) is 20.4 Å². The van der Waals surface area contributed by atoms with Crippen molar-refractivity contribution in [1.29, 1.82) is 0 Å². The summed E-state index contributed by atoms with van der Waals surface area (Å²) in [5.74, 6) is -0.472. The minimum absolute atomic E-state index is 0.154. The predicted molar refractivity (Wildman–Crippen MR) is 117 cm³/mol. The van der Waals surface area contributed by atoms with Gasteiger partial charge < -0.3 is 5.32 Å². The summed E-state index contributed by atoms with van der Waals surface area (Å²) >= 11 is 0. The van der Waals surface area contributed by atoms with Crippen LogP contribution in [0.25, 0.3) is 0 Å². The molecule has 0 saturated carbocycles. The van der Waals surface area contributed by atoms with E-state index in [1.807, 2.05) is 70.2 Å². The van der Waals surface area contributed by atoms with Crippen LogP contribution in [-0.2, 0) is 14.8 Å². The first-order valence-corrected chi connectivity index (χ1v) is 11.5. The summed E-state index contributed by atoms with van der Waals surface area (Å²) < 4.78 is 29.0. The van der Waals surface area contributed by atoms with E-state index < -0.39 is 16.1 Å². The third-order valence-electron chi connectivity index (χ3n) is 5.31. The molecule has 3 atom stereocenters. The van der Waals surface area contributed by atoms with Gasteiger partial charge in [-0.1, -0.05) is 68.3 Å². The van der Waals surface area contributed by atoms with E-state index in [0.29, 0.717) is 17.5 Å². The van der Waals surface area contributed by atoms with Gasteiger partial charge in [-0.25, -0.2) is 8.42 Å². The van der Waals surface area contributed by atoms with Gasteiger partial charge in [0.05, 0.1) is 10.9 Å². The number of hydrogen-bond acceptors (Lipinski definition) is 3. The molecule has 0 saturated heterocycles. The summed E-state index contributed by atoms with van der Waals surface area (Å²) in [7, 11) is -3.85. The summed E-state index contributed by atoms with van der Waals surface area (Å²) in [6, 6.07) is 12.2. The number of rotatable bonds is 8. The Labute approximate surface area is 175 Å². The maximum absolute atomic E-state index is 13.2. The third kappa shape index (κ3) is 5.67. The Morgan fingerprint density at radius 1 is 1.00 bits per heavy atom. The van der Waals surface area contributed by atoms with Crippen LogP contribution in [0, 0.1) is 26.7 Å². The molecular weight excluding hydrogens is 384 g/mol. The van der Waals surface area contributed by atoms with Crippen LogP contribution < -0.4 is 10.0 Å². The Kier molecular flexibility index (Phi) is 7.60. The molecule has 0 spiro atoms.